The van der Waals surface area contributed by atoms with E-state index in [0.29, 0.717) is 40.3 Å². The van der Waals surface area contributed by atoms with Crippen LogP contribution >= 0.6 is 11.8 Å². The second-order valence-electron chi connectivity index (χ2n) is 7.19. The van der Waals surface area contributed by atoms with Crippen molar-refractivity contribution in [3.8, 4) is 0 Å². The third-order valence-corrected chi connectivity index (χ3v) is 5.66. The molecule has 0 aliphatic carbocycles. The van der Waals surface area contributed by atoms with Crippen molar-refractivity contribution in [2.75, 3.05) is 18.8 Å². The Morgan fingerprint density at radius 3 is 2.68 bits per heavy atom. The van der Waals surface area contributed by atoms with E-state index in [1.54, 1.807) is 4.57 Å². The minimum Gasteiger partial charge on any atom is -0.353 e. The maximum atomic E-state index is 12.6. The zero-order chi connectivity index (χ0) is 18.1. The Morgan fingerprint density at radius 2 is 2.04 bits per heavy atom. The van der Waals surface area contributed by atoms with Crippen molar-refractivity contribution < 1.29 is 4.79 Å². The quantitative estimate of drug-likeness (QED) is 0.670. The van der Waals surface area contributed by atoms with Crippen LogP contribution < -0.4 is 5.56 Å². The smallest absolute Gasteiger partial charge is 0.278 e. The minimum absolute atomic E-state index is 0.0734. The van der Waals surface area contributed by atoms with Crippen LogP contribution in [0, 0.1) is 18.8 Å². The van der Waals surface area contributed by atoms with Crippen molar-refractivity contribution in [3.05, 3.63) is 22.1 Å². The van der Waals surface area contributed by atoms with E-state index in [2.05, 4.69) is 23.8 Å². The van der Waals surface area contributed by atoms with Crippen molar-refractivity contribution in [2.24, 2.45) is 11.8 Å². The van der Waals surface area contributed by atoms with Crippen LogP contribution in [0.5, 0.6) is 0 Å². The zero-order valence-electron chi connectivity index (χ0n) is 15.3. The summed E-state index contributed by atoms with van der Waals surface area (Å²) >= 11 is 1.36. The monoisotopic (exact) mass is 362 g/mol. The Hall–Kier alpha value is -1.76. The summed E-state index contributed by atoms with van der Waals surface area (Å²) in [5, 5.41) is 0.616. The minimum atomic E-state index is -0.0734. The molecule has 1 saturated heterocycles. The first-order valence-corrected chi connectivity index (χ1v) is 9.88. The van der Waals surface area contributed by atoms with Crippen LogP contribution in [0.3, 0.4) is 0 Å². The molecule has 3 rings (SSSR count). The molecule has 7 heteroatoms. The standard InChI is InChI=1S/C18H26N4O2S/c1-5-22-17(24)16-14(7-13(4)19-16)20-18(22)25-10-15(23)21-8-11(2)6-12(3)9-21/h7,11-12,19H,5-6,8-10H2,1-4H3/t11-,12-/m1/s1. The van der Waals surface area contributed by atoms with E-state index in [0.717, 1.165) is 18.8 Å². The number of aryl methyl sites for hydroxylation is 1. The average molecular weight is 362 g/mol. The molecule has 0 unspecified atom stereocenters. The highest BCUT2D eigenvalue weighted by molar-refractivity contribution is 7.99. The number of amides is 1. The largest absolute Gasteiger partial charge is 0.353 e. The molecule has 0 bridgehead atoms. The average Bonchev–Trinajstić information content (AvgIpc) is 2.92. The second-order valence-corrected chi connectivity index (χ2v) is 8.13. The molecule has 25 heavy (non-hydrogen) atoms. The van der Waals surface area contributed by atoms with Crippen LogP contribution in [-0.2, 0) is 11.3 Å². The number of hydrogen-bond donors (Lipinski definition) is 1. The predicted octanol–water partition coefficient (Wildman–Crippen LogP) is 2.65. The second kappa shape index (κ2) is 7.23. The van der Waals surface area contributed by atoms with Gasteiger partial charge in [0.15, 0.2) is 5.16 Å². The highest BCUT2D eigenvalue weighted by atomic mass is 32.2. The maximum absolute atomic E-state index is 12.6. The number of likely N-dealkylation sites (tertiary alicyclic amines) is 1. The third kappa shape index (κ3) is 3.76. The number of aromatic nitrogens is 3. The van der Waals surface area contributed by atoms with Gasteiger partial charge in [-0.15, -0.1) is 0 Å². The molecule has 0 saturated carbocycles. The number of carbonyl (C=O) groups excluding carboxylic acids is 1. The van der Waals surface area contributed by atoms with Crippen LogP contribution in [0.25, 0.3) is 11.0 Å². The van der Waals surface area contributed by atoms with Gasteiger partial charge in [0.05, 0.1) is 11.3 Å². The van der Waals surface area contributed by atoms with Crippen LogP contribution in [-0.4, -0.2) is 44.2 Å². The number of rotatable bonds is 4. The first-order chi connectivity index (χ1) is 11.9. The lowest BCUT2D eigenvalue weighted by Gasteiger charge is -2.35. The summed E-state index contributed by atoms with van der Waals surface area (Å²) in [6, 6.07) is 1.87. The van der Waals surface area contributed by atoms with E-state index < -0.39 is 0 Å². The lowest BCUT2D eigenvalue weighted by Crippen LogP contribution is -2.43. The topological polar surface area (TPSA) is 71.0 Å². The summed E-state index contributed by atoms with van der Waals surface area (Å²) in [7, 11) is 0. The van der Waals surface area contributed by atoms with Crippen LogP contribution in [0.1, 0.15) is 32.9 Å². The van der Waals surface area contributed by atoms with Gasteiger partial charge >= 0.3 is 0 Å². The van der Waals surface area contributed by atoms with Crippen LogP contribution in [0.2, 0.25) is 0 Å². The molecule has 1 aliphatic rings. The van der Waals surface area contributed by atoms with Crippen molar-refractivity contribution in [3.63, 3.8) is 0 Å². The molecule has 1 fully saturated rings. The molecular weight excluding hydrogens is 336 g/mol. The molecule has 1 N–H and O–H groups in total. The number of carbonyl (C=O) groups is 1. The lowest BCUT2D eigenvalue weighted by atomic mass is 9.92. The number of H-pyrrole nitrogens is 1. The first kappa shape index (κ1) is 18.0. The van der Waals surface area contributed by atoms with Crippen LogP contribution in [0.15, 0.2) is 16.0 Å². The van der Waals surface area contributed by atoms with Crippen molar-refractivity contribution in [1.29, 1.82) is 0 Å². The molecule has 0 radical (unpaired) electrons. The van der Waals surface area contributed by atoms with Gasteiger partial charge in [-0.2, -0.15) is 0 Å². The molecule has 136 valence electrons. The number of hydrogen-bond acceptors (Lipinski definition) is 4. The molecule has 2 aromatic rings. The molecule has 2 atom stereocenters. The Morgan fingerprint density at radius 1 is 1.36 bits per heavy atom. The highest BCUT2D eigenvalue weighted by Crippen LogP contribution is 2.23. The van der Waals surface area contributed by atoms with E-state index in [1.165, 1.54) is 18.2 Å². The Labute approximate surface area is 152 Å². The Bertz CT molecular complexity index is 831. The number of nitrogens with zero attached hydrogens (tertiary/aromatic N) is 3. The first-order valence-electron chi connectivity index (χ1n) is 8.89. The molecule has 2 aromatic heterocycles. The van der Waals surface area contributed by atoms with E-state index in [-0.39, 0.29) is 11.5 Å². The van der Waals surface area contributed by atoms with Crippen LogP contribution in [0.4, 0.5) is 0 Å². The molecular formula is C18H26N4O2S. The van der Waals surface area contributed by atoms with Gasteiger partial charge in [0, 0.05) is 25.3 Å². The fourth-order valence-electron chi connectivity index (χ4n) is 3.68. The highest BCUT2D eigenvalue weighted by Gasteiger charge is 2.25. The van der Waals surface area contributed by atoms with Gasteiger partial charge in [0.1, 0.15) is 5.52 Å². The molecule has 0 aromatic carbocycles. The van der Waals surface area contributed by atoms with Gasteiger partial charge in [-0.25, -0.2) is 4.98 Å². The fraction of sp³-hybridized carbons (Fsp3) is 0.611. The summed E-state index contributed by atoms with van der Waals surface area (Å²) in [6.45, 7) is 10.4. The number of fused-ring (bicyclic) bond motifs is 1. The Kier molecular flexibility index (Phi) is 5.22. The number of aromatic amines is 1. The summed E-state index contributed by atoms with van der Waals surface area (Å²) in [6.07, 6.45) is 1.18. The summed E-state index contributed by atoms with van der Waals surface area (Å²) in [4.78, 5) is 34.8. The normalized spacial score (nSPS) is 21.0. The summed E-state index contributed by atoms with van der Waals surface area (Å²) in [5.74, 6) is 1.54. The molecule has 0 spiro atoms. The predicted molar refractivity (Wildman–Crippen MR) is 101 cm³/mol. The van der Waals surface area contributed by atoms with E-state index in [4.69, 9.17) is 0 Å². The van der Waals surface area contributed by atoms with Gasteiger partial charge in [0.2, 0.25) is 5.91 Å². The van der Waals surface area contributed by atoms with E-state index in [9.17, 15) is 9.59 Å². The summed E-state index contributed by atoms with van der Waals surface area (Å²) < 4.78 is 1.64. The van der Waals surface area contributed by atoms with Crippen molar-refractivity contribution in [1.82, 2.24) is 19.4 Å². The van der Waals surface area contributed by atoms with Crippen molar-refractivity contribution >= 4 is 28.7 Å². The number of thioether (sulfide) groups is 1. The van der Waals surface area contributed by atoms with Gasteiger partial charge in [-0.3, -0.25) is 14.2 Å². The SMILES string of the molecule is CCn1c(SCC(=O)N2C[C@H](C)C[C@@H](C)C2)nc2cc(C)[nH]c2c1=O. The third-order valence-electron chi connectivity index (χ3n) is 4.70. The van der Waals surface area contributed by atoms with E-state index in [1.807, 2.05) is 24.8 Å². The molecule has 1 aliphatic heterocycles. The Balaban J connectivity index is 1.78. The van der Waals surface area contributed by atoms with Gasteiger partial charge in [-0.05, 0) is 38.2 Å². The van der Waals surface area contributed by atoms with Gasteiger partial charge in [0.25, 0.3) is 5.56 Å². The number of nitrogens with one attached hydrogen (secondary N) is 1. The summed E-state index contributed by atoms with van der Waals surface area (Å²) in [5.41, 5.74) is 2.05. The van der Waals surface area contributed by atoms with Gasteiger partial charge in [-0.1, -0.05) is 25.6 Å². The number of piperidine rings is 1. The lowest BCUT2D eigenvalue weighted by molar-refractivity contribution is -0.130. The maximum Gasteiger partial charge on any atom is 0.278 e. The molecule has 6 nitrogen and oxygen atoms in total. The van der Waals surface area contributed by atoms with Crippen molar-refractivity contribution in [2.45, 2.75) is 45.8 Å². The fourth-order valence-corrected chi connectivity index (χ4v) is 4.65. The molecule has 3 heterocycles. The van der Waals surface area contributed by atoms with E-state index >= 15 is 0 Å². The zero-order valence-corrected chi connectivity index (χ0v) is 16.2. The molecule has 1 amide bonds. The van der Waals surface area contributed by atoms with Gasteiger partial charge < -0.3 is 9.88 Å².